The number of allylic oxidation sites excluding steroid dienone is 1. The van der Waals surface area contributed by atoms with Crippen LogP contribution < -0.4 is 26.3 Å². The van der Waals surface area contributed by atoms with Crippen LogP contribution in [0.5, 0.6) is 0 Å². The number of aromatic nitrogens is 1. The van der Waals surface area contributed by atoms with Gasteiger partial charge < -0.3 is 25.6 Å². The number of imide groups is 1. The molecule has 3 rings (SSSR count). The maximum absolute atomic E-state index is 13.4. The Hall–Kier alpha value is -5.39. The molecule has 50 heavy (non-hydrogen) atoms. The third-order valence-electron chi connectivity index (χ3n) is 7.54. The van der Waals surface area contributed by atoms with Gasteiger partial charge in [-0.25, -0.2) is 9.63 Å². The van der Waals surface area contributed by atoms with Crippen molar-refractivity contribution in [3.63, 3.8) is 0 Å². The highest BCUT2D eigenvalue weighted by molar-refractivity contribution is 6.01. The number of nitrogens with one attached hydrogen (secondary N) is 3. The van der Waals surface area contributed by atoms with E-state index in [1.807, 2.05) is 0 Å². The van der Waals surface area contributed by atoms with Crippen molar-refractivity contribution in [2.45, 2.75) is 97.8 Å². The Kier molecular flexibility index (Phi) is 14.4. The van der Waals surface area contributed by atoms with Crippen LogP contribution in [0.3, 0.4) is 0 Å². The summed E-state index contributed by atoms with van der Waals surface area (Å²) in [6.07, 6.45) is 1.11. The first kappa shape index (κ1) is 39.1. The molecule has 2 aliphatic rings. The van der Waals surface area contributed by atoms with Gasteiger partial charge in [-0.2, -0.15) is 5.06 Å². The molecule has 2 atom stereocenters. The van der Waals surface area contributed by atoms with Crippen LogP contribution in [0.25, 0.3) is 0 Å². The second kappa shape index (κ2) is 18.4. The summed E-state index contributed by atoms with van der Waals surface area (Å²) in [6.45, 7) is 5.78. The quantitative estimate of drug-likeness (QED) is 0.115. The Bertz CT molecular complexity index is 1590. The Morgan fingerprint density at radius 3 is 2.32 bits per heavy atom. The van der Waals surface area contributed by atoms with E-state index in [2.05, 4.69) is 16.0 Å². The van der Waals surface area contributed by atoms with Crippen molar-refractivity contribution in [2.75, 3.05) is 13.1 Å². The maximum Gasteiger partial charge on any atom is 0.333 e. The Morgan fingerprint density at radius 1 is 0.980 bits per heavy atom. The van der Waals surface area contributed by atoms with Gasteiger partial charge in [0.05, 0.1) is 5.56 Å². The molecule has 18 heteroatoms. The number of Topliss-reactive ketones (excluding diaryl/α,β-unsaturated/α-hetero) is 1. The smallest absolute Gasteiger partial charge is 0.333 e. The van der Waals surface area contributed by atoms with Crippen molar-refractivity contribution in [1.82, 2.24) is 30.8 Å². The molecule has 2 aliphatic heterocycles. The SMILES string of the molecule is C/C=C1/C(=O)NC[C@H](CCCCNC(=O)CCCC(=O)ON2C(=O)CCC2=O)NC(=O)c2ccc(C(C)=O)c(=O)n2OC(C)ON1C(=O)CC. The second-order valence-electron chi connectivity index (χ2n) is 11.4. The van der Waals surface area contributed by atoms with E-state index in [0.717, 1.165) is 5.06 Å². The molecule has 1 aromatic heterocycles. The minimum atomic E-state index is -1.38. The summed E-state index contributed by atoms with van der Waals surface area (Å²) in [5.74, 6) is -4.89. The highest BCUT2D eigenvalue weighted by Gasteiger charge is 2.33. The van der Waals surface area contributed by atoms with Gasteiger partial charge in [-0.1, -0.05) is 13.0 Å². The number of unbranched alkanes of at least 4 members (excludes halogenated alkanes) is 1. The monoisotopic (exact) mass is 702 g/mol. The Labute approximate surface area is 287 Å². The summed E-state index contributed by atoms with van der Waals surface area (Å²) >= 11 is 0. The first-order valence-electron chi connectivity index (χ1n) is 16.3. The van der Waals surface area contributed by atoms with Crippen LogP contribution in [0, 0.1) is 0 Å². The zero-order valence-electron chi connectivity index (χ0n) is 28.4. The van der Waals surface area contributed by atoms with E-state index in [9.17, 15) is 43.2 Å². The first-order chi connectivity index (χ1) is 23.8. The van der Waals surface area contributed by atoms with Crippen LogP contribution in [0.4, 0.5) is 0 Å². The molecule has 6 amide bonds. The van der Waals surface area contributed by atoms with Crippen LogP contribution in [0.1, 0.15) is 106 Å². The highest BCUT2D eigenvalue weighted by Crippen LogP contribution is 2.15. The molecule has 0 aromatic carbocycles. The van der Waals surface area contributed by atoms with Gasteiger partial charge in [-0.3, -0.25) is 38.4 Å². The fourth-order valence-electron chi connectivity index (χ4n) is 4.93. The molecule has 1 aromatic rings. The minimum Gasteiger partial charge on any atom is -0.376 e. The van der Waals surface area contributed by atoms with Crippen LogP contribution in [-0.4, -0.2) is 87.5 Å². The number of nitrogens with zero attached hydrogens (tertiary/aromatic N) is 3. The third-order valence-corrected chi connectivity index (χ3v) is 7.54. The molecule has 0 bridgehead atoms. The van der Waals surface area contributed by atoms with Gasteiger partial charge in [0.15, 0.2) is 5.78 Å². The van der Waals surface area contributed by atoms with E-state index in [1.54, 1.807) is 6.92 Å². The van der Waals surface area contributed by atoms with Gasteiger partial charge in [0.25, 0.3) is 35.1 Å². The Morgan fingerprint density at radius 2 is 1.68 bits per heavy atom. The zero-order chi connectivity index (χ0) is 37.0. The molecule has 0 aliphatic carbocycles. The van der Waals surface area contributed by atoms with E-state index in [1.165, 1.54) is 39.0 Å². The van der Waals surface area contributed by atoms with Crippen molar-refractivity contribution in [3.05, 3.63) is 45.5 Å². The van der Waals surface area contributed by atoms with Crippen LogP contribution >= 0.6 is 0 Å². The normalized spacial score (nSPS) is 19.3. The summed E-state index contributed by atoms with van der Waals surface area (Å²) in [6, 6.07) is 1.75. The number of pyridine rings is 1. The average molecular weight is 703 g/mol. The van der Waals surface area contributed by atoms with Gasteiger partial charge in [0.2, 0.25) is 12.2 Å². The van der Waals surface area contributed by atoms with Crippen molar-refractivity contribution >= 4 is 47.2 Å². The highest BCUT2D eigenvalue weighted by atomic mass is 16.8. The van der Waals surface area contributed by atoms with Crippen molar-refractivity contribution in [3.8, 4) is 0 Å². The summed E-state index contributed by atoms with van der Waals surface area (Å²) in [7, 11) is 0. The fraction of sp³-hybridized carbons (Fsp3) is 0.531. The largest absolute Gasteiger partial charge is 0.376 e. The molecule has 3 N–H and O–H groups in total. The lowest BCUT2D eigenvalue weighted by Crippen LogP contribution is -2.46. The predicted molar refractivity (Wildman–Crippen MR) is 171 cm³/mol. The molecule has 272 valence electrons. The molecule has 1 saturated heterocycles. The number of carbonyl (C=O) groups excluding carboxylic acids is 8. The van der Waals surface area contributed by atoms with E-state index < -0.39 is 59.2 Å². The average Bonchev–Trinajstić information content (AvgIpc) is 3.38. The van der Waals surface area contributed by atoms with Crippen LogP contribution in [0.15, 0.2) is 28.7 Å². The summed E-state index contributed by atoms with van der Waals surface area (Å²) < 4.78 is 0.617. The molecule has 18 nitrogen and oxygen atoms in total. The number of carbonyl (C=O) groups is 8. The standard InChI is InChI=1S/C32H42N6O12/c1-5-23-30(45)34-18-21(10-7-8-17-33-25(40)11-9-12-29(44)50-38-27(42)15-16-28(38)43)35-31(46)24-14-13-22(19(3)39)32(47)37(24)49-20(4)48-36(23)26(41)6-2/h5,13-14,20-21H,6-12,15-18H2,1-4H3,(H,33,40)(H,34,45)(H,35,46)/b23-5-/t20?,21-/m0/s1. The molecular formula is C32H42N6O12. The predicted octanol–water partition coefficient (Wildman–Crippen LogP) is 0.192. The van der Waals surface area contributed by atoms with Crippen LogP contribution in [0.2, 0.25) is 0 Å². The number of amides is 6. The molecule has 1 fully saturated rings. The summed E-state index contributed by atoms with van der Waals surface area (Å²) in [5, 5.41) is 9.40. The number of hydrogen-bond acceptors (Lipinski definition) is 12. The number of ketones is 1. The lowest BCUT2D eigenvalue weighted by Gasteiger charge is -2.27. The molecular weight excluding hydrogens is 660 g/mol. The van der Waals surface area contributed by atoms with Gasteiger partial charge in [-0.15, -0.1) is 9.79 Å². The molecule has 1 unspecified atom stereocenters. The number of hydroxylamine groups is 4. The number of rotatable bonds is 12. The third kappa shape index (κ3) is 10.6. The van der Waals surface area contributed by atoms with Crippen LogP contribution in [-0.2, 0) is 38.4 Å². The molecule has 0 saturated carbocycles. The number of hydrogen-bond donors (Lipinski definition) is 3. The lowest BCUT2D eigenvalue weighted by atomic mass is 10.1. The fourth-order valence-corrected chi connectivity index (χ4v) is 4.93. The molecule has 0 radical (unpaired) electrons. The van der Waals surface area contributed by atoms with E-state index in [-0.39, 0.29) is 74.5 Å². The molecule has 0 spiro atoms. The Balaban J connectivity index is 1.64. The van der Waals surface area contributed by atoms with E-state index in [4.69, 9.17) is 14.5 Å². The van der Waals surface area contributed by atoms with Gasteiger partial charge in [0.1, 0.15) is 11.4 Å². The summed E-state index contributed by atoms with van der Waals surface area (Å²) in [5.41, 5.74) is -1.60. The summed E-state index contributed by atoms with van der Waals surface area (Å²) in [4.78, 5) is 128. The zero-order valence-corrected chi connectivity index (χ0v) is 28.4. The van der Waals surface area contributed by atoms with Gasteiger partial charge in [-0.05, 0) is 51.7 Å². The van der Waals surface area contributed by atoms with Gasteiger partial charge >= 0.3 is 5.97 Å². The van der Waals surface area contributed by atoms with E-state index in [0.29, 0.717) is 29.1 Å². The second-order valence-corrected chi connectivity index (χ2v) is 11.4. The topological polar surface area (TPSA) is 229 Å². The van der Waals surface area contributed by atoms with Crippen molar-refractivity contribution in [1.29, 1.82) is 0 Å². The van der Waals surface area contributed by atoms with Crippen molar-refractivity contribution in [2.24, 2.45) is 0 Å². The van der Waals surface area contributed by atoms with Gasteiger partial charge in [0, 0.05) is 58.2 Å². The van der Waals surface area contributed by atoms with Crippen molar-refractivity contribution < 1.29 is 52.9 Å². The molecule has 3 heterocycles. The number of fused-ring (bicyclic) bond motifs is 1. The maximum atomic E-state index is 13.4. The lowest BCUT2D eigenvalue weighted by molar-refractivity contribution is -0.252. The first-order valence-corrected chi connectivity index (χ1v) is 16.3. The minimum absolute atomic E-state index is 0.00105. The van der Waals surface area contributed by atoms with E-state index >= 15 is 0 Å².